The Morgan fingerprint density at radius 1 is 1.09 bits per heavy atom. The number of carbonyl (C=O) groups excluding carboxylic acids is 1. The molecule has 23 heavy (non-hydrogen) atoms. The van der Waals surface area contributed by atoms with Crippen molar-refractivity contribution in [3.8, 4) is 11.1 Å². The second-order valence-electron chi connectivity index (χ2n) is 5.55. The fourth-order valence-electron chi connectivity index (χ4n) is 2.20. The van der Waals surface area contributed by atoms with E-state index in [2.05, 4.69) is 0 Å². The maximum atomic E-state index is 11.9. The zero-order chi connectivity index (χ0) is 16.8. The highest BCUT2D eigenvalue weighted by atomic mass is 16.5. The number of aromatic nitrogens is 1. The average Bonchev–Trinajstić information content (AvgIpc) is 2.54. The molecular weight excluding hydrogens is 292 g/mol. The van der Waals surface area contributed by atoms with Crippen LogP contribution in [0.1, 0.15) is 17.3 Å². The van der Waals surface area contributed by atoms with E-state index in [0.29, 0.717) is 18.7 Å². The minimum Gasteiger partial charge on any atom is -0.462 e. The summed E-state index contributed by atoms with van der Waals surface area (Å²) in [6, 6.07) is 10.6. The normalized spacial score (nSPS) is 10.8. The molecule has 0 atom stereocenters. The van der Waals surface area contributed by atoms with E-state index in [9.17, 15) is 9.59 Å². The van der Waals surface area contributed by atoms with Gasteiger partial charge in [-0.05, 0) is 50.3 Å². The van der Waals surface area contributed by atoms with Crippen LogP contribution in [0, 0.1) is 0 Å². The van der Waals surface area contributed by atoms with Gasteiger partial charge in [0, 0.05) is 25.4 Å². The molecule has 0 radical (unpaired) electrons. The fraction of sp³-hybridized carbons (Fsp3) is 0.333. The van der Waals surface area contributed by atoms with E-state index in [1.54, 1.807) is 35.8 Å². The van der Waals surface area contributed by atoms with Crippen LogP contribution in [-0.4, -0.2) is 42.7 Å². The standard InChI is InChI=1S/C18H22N2O3/c1-4-23-18(22)15-7-5-14(6-8-15)16-9-10-17(21)20(13-16)12-11-19(2)3/h5-10,13H,4,11-12H2,1-3H3. The van der Waals surface area contributed by atoms with Crippen molar-refractivity contribution in [3.63, 3.8) is 0 Å². The van der Waals surface area contributed by atoms with Crippen LogP contribution in [0.4, 0.5) is 0 Å². The Kier molecular flexibility index (Phi) is 5.71. The first-order chi connectivity index (χ1) is 11.0. The molecule has 0 aliphatic heterocycles. The van der Waals surface area contributed by atoms with Gasteiger partial charge in [0.2, 0.25) is 0 Å². The minimum atomic E-state index is -0.324. The summed E-state index contributed by atoms with van der Waals surface area (Å²) in [6.45, 7) is 3.58. The number of esters is 1. The zero-order valence-electron chi connectivity index (χ0n) is 13.8. The number of ether oxygens (including phenoxy) is 1. The van der Waals surface area contributed by atoms with Crippen molar-refractivity contribution in [2.24, 2.45) is 0 Å². The minimum absolute atomic E-state index is 0.0151. The lowest BCUT2D eigenvalue weighted by Gasteiger charge is -2.12. The number of rotatable bonds is 6. The van der Waals surface area contributed by atoms with Gasteiger partial charge in [-0.3, -0.25) is 4.79 Å². The summed E-state index contributed by atoms with van der Waals surface area (Å²) in [5.74, 6) is -0.324. The molecule has 0 saturated carbocycles. The highest BCUT2D eigenvalue weighted by Crippen LogP contribution is 2.19. The molecule has 0 unspecified atom stereocenters. The third-order valence-corrected chi connectivity index (χ3v) is 3.50. The predicted octanol–water partition coefficient (Wildman–Crippen LogP) is 2.25. The summed E-state index contributed by atoms with van der Waals surface area (Å²) in [6.07, 6.45) is 1.85. The Morgan fingerprint density at radius 3 is 2.35 bits per heavy atom. The van der Waals surface area contributed by atoms with E-state index in [0.717, 1.165) is 17.7 Å². The monoisotopic (exact) mass is 314 g/mol. The quantitative estimate of drug-likeness (QED) is 0.768. The van der Waals surface area contributed by atoms with Gasteiger partial charge in [-0.25, -0.2) is 4.79 Å². The van der Waals surface area contributed by atoms with E-state index in [4.69, 9.17) is 4.74 Å². The number of hydrogen-bond acceptors (Lipinski definition) is 4. The molecule has 0 aliphatic rings. The first kappa shape index (κ1) is 17.0. The van der Waals surface area contributed by atoms with Crippen LogP contribution in [0.15, 0.2) is 47.4 Å². The zero-order valence-corrected chi connectivity index (χ0v) is 13.8. The molecule has 1 heterocycles. The van der Waals surface area contributed by atoms with Gasteiger partial charge in [0.05, 0.1) is 12.2 Å². The van der Waals surface area contributed by atoms with Crippen molar-refractivity contribution in [1.29, 1.82) is 0 Å². The maximum Gasteiger partial charge on any atom is 0.338 e. The molecule has 0 spiro atoms. The van der Waals surface area contributed by atoms with Crippen molar-refractivity contribution in [2.75, 3.05) is 27.2 Å². The summed E-state index contributed by atoms with van der Waals surface area (Å²) in [5.41, 5.74) is 2.41. The van der Waals surface area contributed by atoms with Gasteiger partial charge in [-0.1, -0.05) is 12.1 Å². The number of hydrogen-bond donors (Lipinski definition) is 0. The Bertz CT molecular complexity index is 718. The van der Waals surface area contributed by atoms with Gasteiger partial charge in [-0.2, -0.15) is 0 Å². The molecule has 122 valence electrons. The third kappa shape index (κ3) is 4.53. The van der Waals surface area contributed by atoms with Crippen molar-refractivity contribution < 1.29 is 9.53 Å². The van der Waals surface area contributed by atoms with Gasteiger partial charge in [0.1, 0.15) is 0 Å². The summed E-state index contributed by atoms with van der Waals surface area (Å²) in [7, 11) is 3.95. The van der Waals surface area contributed by atoms with Crippen LogP contribution in [0.25, 0.3) is 11.1 Å². The van der Waals surface area contributed by atoms with Gasteiger partial charge >= 0.3 is 5.97 Å². The summed E-state index contributed by atoms with van der Waals surface area (Å²) in [5, 5.41) is 0. The molecule has 0 N–H and O–H groups in total. The van der Waals surface area contributed by atoms with Crippen molar-refractivity contribution in [2.45, 2.75) is 13.5 Å². The van der Waals surface area contributed by atoms with Crippen LogP contribution in [0.3, 0.4) is 0 Å². The van der Waals surface area contributed by atoms with E-state index in [1.165, 1.54) is 0 Å². The third-order valence-electron chi connectivity index (χ3n) is 3.50. The second-order valence-corrected chi connectivity index (χ2v) is 5.55. The summed E-state index contributed by atoms with van der Waals surface area (Å²) in [4.78, 5) is 25.6. The average molecular weight is 314 g/mol. The van der Waals surface area contributed by atoms with Crippen LogP contribution in [0.2, 0.25) is 0 Å². The second kappa shape index (κ2) is 7.74. The number of benzene rings is 1. The van der Waals surface area contributed by atoms with Gasteiger partial charge in [-0.15, -0.1) is 0 Å². The molecule has 0 amide bonds. The van der Waals surface area contributed by atoms with Crippen LogP contribution >= 0.6 is 0 Å². The fourth-order valence-corrected chi connectivity index (χ4v) is 2.20. The molecule has 2 aromatic rings. The highest BCUT2D eigenvalue weighted by molar-refractivity contribution is 5.90. The highest BCUT2D eigenvalue weighted by Gasteiger charge is 2.07. The molecule has 2 rings (SSSR count). The number of likely N-dealkylation sites (N-methyl/N-ethyl adjacent to an activating group) is 1. The van der Waals surface area contributed by atoms with E-state index >= 15 is 0 Å². The first-order valence-corrected chi connectivity index (χ1v) is 7.64. The van der Waals surface area contributed by atoms with Crippen LogP contribution < -0.4 is 5.56 Å². The molecule has 5 heteroatoms. The number of nitrogens with zero attached hydrogens (tertiary/aromatic N) is 2. The molecule has 0 bridgehead atoms. The van der Waals surface area contributed by atoms with Crippen LogP contribution in [-0.2, 0) is 11.3 Å². The Hall–Kier alpha value is -2.40. The van der Waals surface area contributed by atoms with E-state index in [-0.39, 0.29) is 11.5 Å². The number of carbonyl (C=O) groups is 1. The van der Waals surface area contributed by atoms with E-state index < -0.39 is 0 Å². The molecule has 1 aromatic heterocycles. The lowest BCUT2D eigenvalue weighted by Crippen LogP contribution is -2.25. The smallest absolute Gasteiger partial charge is 0.338 e. The van der Waals surface area contributed by atoms with E-state index in [1.807, 2.05) is 37.3 Å². The SMILES string of the molecule is CCOC(=O)c1ccc(-c2ccc(=O)n(CCN(C)C)c2)cc1. The Balaban J connectivity index is 2.23. The molecule has 0 saturated heterocycles. The number of pyridine rings is 1. The molecule has 5 nitrogen and oxygen atoms in total. The lowest BCUT2D eigenvalue weighted by molar-refractivity contribution is 0.0526. The molecule has 0 fully saturated rings. The topological polar surface area (TPSA) is 51.5 Å². The Morgan fingerprint density at radius 2 is 1.74 bits per heavy atom. The predicted molar refractivity (Wildman–Crippen MR) is 90.6 cm³/mol. The van der Waals surface area contributed by atoms with Crippen molar-refractivity contribution in [3.05, 3.63) is 58.5 Å². The van der Waals surface area contributed by atoms with Gasteiger partial charge in [0.15, 0.2) is 0 Å². The van der Waals surface area contributed by atoms with Gasteiger partial charge < -0.3 is 14.2 Å². The molecular formula is C18H22N2O3. The molecule has 1 aromatic carbocycles. The summed E-state index contributed by atoms with van der Waals surface area (Å²) < 4.78 is 6.68. The largest absolute Gasteiger partial charge is 0.462 e. The first-order valence-electron chi connectivity index (χ1n) is 7.64. The van der Waals surface area contributed by atoms with Gasteiger partial charge in [0.25, 0.3) is 5.56 Å². The van der Waals surface area contributed by atoms with Crippen molar-refractivity contribution in [1.82, 2.24) is 9.47 Å². The van der Waals surface area contributed by atoms with Crippen molar-refractivity contribution >= 4 is 5.97 Å². The maximum absolute atomic E-state index is 11.9. The summed E-state index contributed by atoms with van der Waals surface area (Å²) >= 11 is 0. The van der Waals surface area contributed by atoms with Crippen LogP contribution in [0.5, 0.6) is 0 Å². The lowest BCUT2D eigenvalue weighted by atomic mass is 10.1. The Labute approximate surface area is 136 Å². The molecule has 0 aliphatic carbocycles.